The fraction of sp³-hybridized carbons (Fsp3) is 0.778. The molecule has 0 spiro atoms. The third-order valence-corrected chi connectivity index (χ3v) is 4.66. The summed E-state index contributed by atoms with van der Waals surface area (Å²) < 4.78 is 0. The summed E-state index contributed by atoms with van der Waals surface area (Å²) in [6.45, 7) is 2.09. The van der Waals surface area contributed by atoms with Crippen molar-refractivity contribution in [2.45, 2.75) is 76.6 Å². The van der Waals surface area contributed by atoms with E-state index in [-0.39, 0.29) is 31.5 Å². The maximum Gasteiger partial charge on any atom is 0.303 e. The van der Waals surface area contributed by atoms with Gasteiger partial charge in [-0.2, -0.15) is 0 Å². The molecular formula is C18H30O6. The smallest absolute Gasteiger partial charge is 0.303 e. The number of Topliss-reactive ketones (excluding diaryl/α,β-unsaturated/α-hetero) is 1. The molecule has 0 heterocycles. The van der Waals surface area contributed by atoms with E-state index in [9.17, 15) is 24.9 Å². The maximum atomic E-state index is 11.9. The predicted octanol–water partition coefficient (Wildman–Crippen LogP) is 1.67. The summed E-state index contributed by atoms with van der Waals surface area (Å²) in [5.74, 6) is -2.07. The Balaban J connectivity index is 2.58. The van der Waals surface area contributed by atoms with Gasteiger partial charge in [0.1, 0.15) is 5.78 Å². The number of ketones is 1. The minimum Gasteiger partial charge on any atom is -0.481 e. The lowest BCUT2D eigenvalue weighted by molar-refractivity contribution is -0.138. The third kappa shape index (κ3) is 7.11. The highest BCUT2D eigenvalue weighted by molar-refractivity contribution is 5.82. The molecular weight excluding hydrogens is 312 g/mol. The van der Waals surface area contributed by atoms with E-state index >= 15 is 0 Å². The molecule has 138 valence electrons. The van der Waals surface area contributed by atoms with E-state index in [0.717, 1.165) is 19.3 Å². The van der Waals surface area contributed by atoms with Crippen molar-refractivity contribution in [2.75, 3.05) is 0 Å². The number of carbonyl (C=O) groups is 2. The van der Waals surface area contributed by atoms with Crippen LogP contribution in [-0.4, -0.2) is 50.5 Å². The Morgan fingerprint density at radius 3 is 2.50 bits per heavy atom. The first-order valence-corrected chi connectivity index (χ1v) is 8.81. The molecule has 1 saturated carbocycles. The van der Waals surface area contributed by atoms with E-state index in [4.69, 9.17) is 5.11 Å². The van der Waals surface area contributed by atoms with E-state index in [1.54, 1.807) is 12.2 Å². The quantitative estimate of drug-likeness (QED) is 0.335. The molecule has 6 nitrogen and oxygen atoms in total. The molecule has 4 N–H and O–H groups in total. The molecule has 6 heteroatoms. The fourth-order valence-corrected chi connectivity index (χ4v) is 3.23. The number of rotatable bonds is 11. The molecule has 1 aliphatic rings. The maximum absolute atomic E-state index is 11.9. The zero-order chi connectivity index (χ0) is 18.1. The fourth-order valence-electron chi connectivity index (χ4n) is 3.23. The van der Waals surface area contributed by atoms with E-state index in [1.807, 2.05) is 0 Å². The molecule has 1 fully saturated rings. The lowest BCUT2D eigenvalue weighted by Crippen LogP contribution is -2.24. The minimum absolute atomic E-state index is 0.0481. The minimum atomic E-state index is -1.03. The number of carboxylic acids is 1. The van der Waals surface area contributed by atoms with Crippen LogP contribution in [0, 0.1) is 11.8 Å². The van der Waals surface area contributed by atoms with Gasteiger partial charge in [-0.1, -0.05) is 38.3 Å². The first kappa shape index (κ1) is 20.8. The Bertz CT molecular complexity index is 433. The van der Waals surface area contributed by atoms with Gasteiger partial charge in [0, 0.05) is 31.1 Å². The summed E-state index contributed by atoms with van der Waals surface area (Å²) in [7, 11) is 0. The summed E-state index contributed by atoms with van der Waals surface area (Å²) in [6, 6.07) is 0. The number of aliphatic hydroxyl groups excluding tert-OH is 3. The van der Waals surface area contributed by atoms with Gasteiger partial charge in [0.05, 0.1) is 24.7 Å². The van der Waals surface area contributed by atoms with Gasteiger partial charge in [-0.05, 0) is 6.42 Å². The number of carbonyl (C=O) groups excluding carboxylic acids is 1. The molecule has 0 aromatic heterocycles. The molecule has 0 aliphatic heterocycles. The van der Waals surface area contributed by atoms with Crippen LogP contribution in [0.15, 0.2) is 12.2 Å². The van der Waals surface area contributed by atoms with Crippen molar-refractivity contribution in [1.29, 1.82) is 0 Å². The number of hydrogen-bond acceptors (Lipinski definition) is 5. The molecule has 0 saturated heterocycles. The van der Waals surface area contributed by atoms with Crippen molar-refractivity contribution in [2.24, 2.45) is 11.8 Å². The van der Waals surface area contributed by atoms with Crippen LogP contribution in [0.2, 0.25) is 0 Å². The van der Waals surface area contributed by atoms with Gasteiger partial charge in [-0.3, -0.25) is 9.59 Å². The lowest BCUT2D eigenvalue weighted by atomic mass is 9.87. The Morgan fingerprint density at radius 1 is 1.17 bits per heavy atom. The highest BCUT2D eigenvalue weighted by atomic mass is 16.4. The lowest BCUT2D eigenvalue weighted by Gasteiger charge is -2.20. The second-order valence-corrected chi connectivity index (χ2v) is 6.70. The second kappa shape index (κ2) is 10.6. The molecule has 0 radical (unpaired) electrons. The molecule has 5 atom stereocenters. The number of aliphatic carboxylic acids is 1. The Labute approximate surface area is 143 Å². The Hall–Kier alpha value is -1.24. The molecule has 1 rings (SSSR count). The van der Waals surface area contributed by atoms with Gasteiger partial charge >= 0.3 is 5.97 Å². The van der Waals surface area contributed by atoms with Crippen molar-refractivity contribution in [1.82, 2.24) is 0 Å². The van der Waals surface area contributed by atoms with Crippen LogP contribution in [0.5, 0.6) is 0 Å². The zero-order valence-corrected chi connectivity index (χ0v) is 14.3. The van der Waals surface area contributed by atoms with Gasteiger partial charge in [0.25, 0.3) is 0 Å². The summed E-state index contributed by atoms with van der Waals surface area (Å²) in [6.07, 6.45) is 4.86. The van der Waals surface area contributed by atoms with Gasteiger partial charge in [0.15, 0.2) is 0 Å². The van der Waals surface area contributed by atoms with Crippen LogP contribution in [0.4, 0.5) is 0 Å². The van der Waals surface area contributed by atoms with Crippen molar-refractivity contribution in [3.8, 4) is 0 Å². The molecule has 0 amide bonds. The zero-order valence-electron chi connectivity index (χ0n) is 14.3. The average Bonchev–Trinajstić information content (AvgIpc) is 2.77. The second-order valence-electron chi connectivity index (χ2n) is 6.70. The van der Waals surface area contributed by atoms with E-state index in [2.05, 4.69) is 6.92 Å². The number of aliphatic hydroxyl groups is 3. The molecule has 0 aromatic rings. The highest BCUT2D eigenvalue weighted by Gasteiger charge is 2.41. The Morgan fingerprint density at radius 2 is 1.88 bits per heavy atom. The van der Waals surface area contributed by atoms with Crippen LogP contribution in [0.1, 0.15) is 58.3 Å². The van der Waals surface area contributed by atoms with Crippen LogP contribution in [-0.2, 0) is 9.59 Å². The van der Waals surface area contributed by atoms with Crippen LogP contribution >= 0.6 is 0 Å². The predicted molar refractivity (Wildman–Crippen MR) is 89.4 cm³/mol. The SMILES string of the molecule is CCCCC[C@H](O)/C=C/[C@@H]1[C@@H](CC(=O)CCC(=O)O)[C@@H](O)C[C@H]1O. The molecule has 1 aliphatic carbocycles. The first-order valence-electron chi connectivity index (χ1n) is 8.81. The van der Waals surface area contributed by atoms with E-state index < -0.39 is 36.1 Å². The van der Waals surface area contributed by atoms with Gasteiger partial charge < -0.3 is 20.4 Å². The standard InChI is InChI=1S/C18H30O6/c1-2-3-4-5-12(19)6-8-14-15(17(22)11-16(14)21)10-13(20)7-9-18(23)24/h6,8,12,14-17,19,21-22H,2-5,7,9-11H2,1H3,(H,23,24)/b8-6+/t12-,14+,15+,16+,17-/m0/s1. The Kier molecular flexibility index (Phi) is 9.18. The van der Waals surface area contributed by atoms with Crippen molar-refractivity contribution < 1.29 is 30.0 Å². The van der Waals surface area contributed by atoms with Crippen LogP contribution in [0.3, 0.4) is 0 Å². The monoisotopic (exact) mass is 342 g/mol. The molecule has 24 heavy (non-hydrogen) atoms. The van der Waals surface area contributed by atoms with Crippen molar-refractivity contribution in [3.05, 3.63) is 12.2 Å². The molecule has 0 bridgehead atoms. The molecule has 0 aromatic carbocycles. The van der Waals surface area contributed by atoms with Crippen molar-refractivity contribution >= 4 is 11.8 Å². The van der Waals surface area contributed by atoms with Gasteiger partial charge in [-0.15, -0.1) is 0 Å². The van der Waals surface area contributed by atoms with E-state index in [0.29, 0.717) is 6.42 Å². The largest absolute Gasteiger partial charge is 0.481 e. The average molecular weight is 342 g/mol. The molecule has 0 unspecified atom stereocenters. The number of carboxylic acid groups (broad SMARTS) is 1. The summed E-state index contributed by atoms with van der Waals surface area (Å²) in [5.41, 5.74) is 0. The number of hydrogen-bond donors (Lipinski definition) is 4. The van der Waals surface area contributed by atoms with Gasteiger partial charge in [0.2, 0.25) is 0 Å². The summed E-state index contributed by atoms with van der Waals surface area (Å²) in [4.78, 5) is 22.4. The summed E-state index contributed by atoms with van der Waals surface area (Å²) >= 11 is 0. The van der Waals surface area contributed by atoms with Crippen molar-refractivity contribution in [3.63, 3.8) is 0 Å². The van der Waals surface area contributed by atoms with Crippen LogP contribution in [0.25, 0.3) is 0 Å². The van der Waals surface area contributed by atoms with Crippen LogP contribution < -0.4 is 0 Å². The first-order chi connectivity index (χ1) is 11.3. The third-order valence-electron chi connectivity index (χ3n) is 4.66. The van der Waals surface area contributed by atoms with Gasteiger partial charge in [-0.25, -0.2) is 0 Å². The normalized spacial score (nSPS) is 28.3. The van der Waals surface area contributed by atoms with E-state index in [1.165, 1.54) is 0 Å². The topological polar surface area (TPSA) is 115 Å². The highest BCUT2D eigenvalue weighted by Crippen LogP contribution is 2.36. The summed E-state index contributed by atoms with van der Waals surface area (Å²) in [5, 5.41) is 38.7. The number of unbranched alkanes of at least 4 members (excludes halogenated alkanes) is 2.